The van der Waals surface area contributed by atoms with Crippen molar-refractivity contribution in [1.29, 1.82) is 0 Å². The van der Waals surface area contributed by atoms with Crippen molar-refractivity contribution in [2.75, 3.05) is 26.9 Å². The molecule has 8 N–H and O–H groups in total. The Morgan fingerprint density at radius 1 is 0.972 bits per heavy atom. The Morgan fingerprint density at radius 3 is 2.51 bits per heavy atom. The van der Waals surface area contributed by atoms with Crippen molar-refractivity contribution in [3.63, 3.8) is 0 Å². The van der Waals surface area contributed by atoms with Crippen LogP contribution < -0.4 is 10.1 Å². The van der Waals surface area contributed by atoms with Crippen molar-refractivity contribution < 1.29 is 64.3 Å². The molecule has 14 nitrogen and oxygen atoms in total. The van der Waals surface area contributed by atoms with E-state index in [-0.39, 0.29) is 96.5 Å². The normalized spacial score (nSPS) is 37.7. The van der Waals surface area contributed by atoms with Gasteiger partial charge in [0, 0.05) is 43.1 Å². The van der Waals surface area contributed by atoms with Crippen LogP contribution in [-0.4, -0.2) is 123 Å². The smallest absolute Gasteiger partial charge is 0.334 e. The van der Waals surface area contributed by atoms with Crippen molar-refractivity contribution in [3.05, 3.63) is 101 Å². The SMILES string of the molecule is COc1cc(/C=C(\C[C@H]2c3cc(CCO)ccc3CC[C@@H]2CO)C(=O)O[C@@H]2[C@H](OC(=O)CC[C@H]3[C@@H]4C=C[C@H]5[C@H](CC[C@H]6[C@H](O)[C@H](CC(C)C)C=C[C@]563)[C@H]4C)[C@@H](O)[C@H]3O[C@]2(O)C=C[C@@H]3NC[C@H](C)O)ccc1O. The number of methoxy groups -OCH3 is 1. The van der Waals surface area contributed by atoms with E-state index in [2.05, 4.69) is 50.4 Å². The standard InChI is InChI=1S/C58H77NO13/c1-31(2)24-37-18-21-57-44-13-11-40(33(4)41(44)12-14-46(57)51(37)65)45(57)15-17-50(64)70-54-52(66)53-47(59-29-32(3)62)19-22-58(68,72-53)55(54)71-56(67)39(25-35-7-16-48(63)49(27-35)69-5)28-43-38(30-61)10-9-36-8-6-34(20-23-60)26-42(36)43/h6-8,11,13,16,18-19,21-22,25-27,31-33,37-38,40-41,43-47,51-55,59-63,65-66,68H,9-10,12,14-15,17,20,23-24,28-30H2,1-5H3/b39-25+/t32-,33-,37-,38+,40+,41+,43+,44-,45-,46-,47-,51+,52-,53-,54+,55+,57+,58+/m0/s1. The molecule has 0 unspecified atom stereocenters. The van der Waals surface area contributed by atoms with Gasteiger partial charge in [0.05, 0.1) is 25.4 Å². The fourth-order valence-corrected chi connectivity index (χ4v) is 14.5. The minimum Gasteiger partial charge on any atom is -0.504 e. The Kier molecular flexibility index (Phi) is 15.6. The number of fused-ring (bicyclic) bond motifs is 3. The molecule has 0 radical (unpaired) electrons. The topological polar surface area (TPSA) is 225 Å². The average Bonchev–Trinajstić information content (AvgIpc) is 3.35. The van der Waals surface area contributed by atoms with Crippen molar-refractivity contribution in [2.45, 2.75) is 140 Å². The van der Waals surface area contributed by atoms with Gasteiger partial charge in [0.15, 0.2) is 23.7 Å². The molecule has 72 heavy (non-hydrogen) atoms. The summed E-state index contributed by atoms with van der Waals surface area (Å²) in [7, 11) is 1.41. The molecule has 1 spiro atoms. The van der Waals surface area contributed by atoms with Crippen LogP contribution in [0.1, 0.15) is 101 Å². The van der Waals surface area contributed by atoms with E-state index in [1.807, 2.05) is 18.2 Å². The second-order valence-corrected chi connectivity index (χ2v) is 22.6. The van der Waals surface area contributed by atoms with Crippen LogP contribution in [0.3, 0.4) is 0 Å². The van der Waals surface area contributed by atoms with Gasteiger partial charge in [0.1, 0.15) is 12.2 Å². The van der Waals surface area contributed by atoms with E-state index in [9.17, 15) is 40.5 Å². The highest BCUT2D eigenvalue weighted by Crippen LogP contribution is 2.69. The molecule has 2 aromatic carbocycles. The zero-order valence-corrected chi connectivity index (χ0v) is 42.4. The summed E-state index contributed by atoms with van der Waals surface area (Å²) in [6, 6.07) is 9.91. The number of aromatic hydroxyl groups is 1. The first-order chi connectivity index (χ1) is 34.5. The maximum Gasteiger partial charge on any atom is 0.334 e. The quantitative estimate of drug-likeness (QED) is 0.0512. The lowest BCUT2D eigenvalue weighted by Crippen LogP contribution is -2.71. The molecule has 6 bridgehead atoms. The third kappa shape index (κ3) is 9.87. The number of benzene rings is 2. The summed E-state index contributed by atoms with van der Waals surface area (Å²) in [4.78, 5) is 29.7. The number of nitrogens with one attached hydrogen (secondary N) is 1. The summed E-state index contributed by atoms with van der Waals surface area (Å²) in [5.74, 6) is -2.62. The number of hydrogen-bond donors (Lipinski definition) is 8. The van der Waals surface area contributed by atoms with Crippen molar-refractivity contribution in [1.82, 2.24) is 5.32 Å². The van der Waals surface area contributed by atoms with E-state index in [0.29, 0.717) is 49.0 Å². The molecule has 14 heteroatoms. The average molecular weight is 996 g/mol. The van der Waals surface area contributed by atoms with Gasteiger partial charge in [-0.15, -0.1) is 0 Å². The van der Waals surface area contributed by atoms with Crippen LogP contribution in [0.4, 0.5) is 0 Å². The first-order valence-corrected chi connectivity index (χ1v) is 26.6. The number of rotatable bonds is 18. The molecule has 1 saturated heterocycles. The number of aliphatic hydroxyl groups excluding tert-OH is 5. The van der Waals surface area contributed by atoms with Gasteiger partial charge < -0.3 is 60.0 Å². The number of carbonyl (C=O) groups excluding carboxylic acids is 2. The Morgan fingerprint density at radius 2 is 1.78 bits per heavy atom. The van der Waals surface area contributed by atoms with E-state index in [1.54, 1.807) is 31.2 Å². The molecule has 6 aliphatic carbocycles. The number of phenolic OH excluding ortho intramolecular Hbond substituents is 1. The number of aliphatic hydroxyl groups is 6. The highest BCUT2D eigenvalue weighted by molar-refractivity contribution is 5.94. The van der Waals surface area contributed by atoms with Gasteiger partial charge in [-0.25, -0.2) is 4.79 Å². The third-order valence-corrected chi connectivity index (χ3v) is 17.9. The van der Waals surface area contributed by atoms with Gasteiger partial charge >= 0.3 is 11.9 Å². The summed E-state index contributed by atoms with van der Waals surface area (Å²) in [5, 5.41) is 81.1. The first-order valence-electron chi connectivity index (χ1n) is 26.6. The predicted molar refractivity (Wildman–Crippen MR) is 269 cm³/mol. The van der Waals surface area contributed by atoms with Crippen LogP contribution in [0.5, 0.6) is 11.5 Å². The molecule has 3 fully saturated rings. The Bertz CT molecular complexity index is 2410. The van der Waals surface area contributed by atoms with Crippen LogP contribution in [0.25, 0.3) is 6.08 Å². The van der Waals surface area contributed by atoms with Crippen molar-refractivity contribution in [2.24, 2.45) is 58.7 Å². The molecule has 2 aromatic rings. The second kappa shape index (κ2) is 21.5. The van der Waals surface area contributed by atoms with Crippen LogP contribution >= 0.6 is 0 Å². The fraction of sp³-hybridized carbons (Fsp3) is 0.621. The summed E-state index contributed by atoms with van der Waals surface area (Å²) in [5.41, 5.74) is 3.18. The lowest BCUT2D eigenvalue weighted by atomic mass is 9.37. The Labute approximate surface area is 423 Å². The lowest BCUT2D eigenvalue weighted by molar-refractivity contribution is -0.333. The number of ether oxygens (including phenoxy) is 4. The summed E-state index contributed by atoms with van der Waals surface area (Å²) in [6.07, 6.45) is 11.6. The molecule has 2 heterocycles. The molecule has 0 amide bonds. The highest BCUT2D eigenvalue weighted by atomic mass is 16.7. The number of esters is 2. The largest absolute Gasteiger partial charge is 0.504 e. The fourth-order valence-electron chi connectivity index (χ4n) is 14.5. The van der Waals surface area contributed by atoms with E-state index in [0.717, 1.165) is 36.0 Å². The van der Waals surface area contributed by atoms with Crippen LogP contribution in [0.15, 0.2) is 78.4 Å². The zero-order chi connectivity index (χ0) is 51.2. The lowest BCUT2D eigenvalue weighted by Gasteiger charge is -2.67. The van der Waals surface area contributed by atoms with Gasteiger partial charge in [-0.2, -0.15) is 0 Å². The molecular formula is C58H77NO13. The number of carbonyl (C=O) groups is 2. The molecule has 10 rings (SSSR count). The number of phenols is 1. The van der Waals surface area contributed by atoms with Gasteiger partial charge in [0.25, 0.3) is 0 Å². The minimum atomic E-state index is -2.37. The molecule has 18 atom stereocenters. The van der Waals surface area contributed by atoms with Gasteiger partial charge in [-0.3, -0.25) is 4.79 Å². The van der Waals surface area contributed by atoms with E-state index < -0.39 is 60.4 Å². The van der Waals surface area contributed by atoms with Gasteiger partial charge in [-0.05, 0) is 158 Å². The molecule has 2 aliphatic heterocycles. The second-order valence-electron chi connectivity index (χ2n) is 22.6. The van der Waals surface area contributed by atoms with Crippen LogP contribution in [-0.2, 0) is 36.6 Å². The van der Waals surface area contributed by atoms with E-state index in [4.69, 9.17) is 18.9 Å². The van der Waals surface area contributed by atoms with E-state index >= 15 is 4.79 Å². The maximum atomic E-state index is 15.1. The number of allylic oxidation sites excluding steroid dienone is 3. The van der Waals surface area contributed by atoms with Crippen LogP contribution in [0, 0.1) is 58.7 Å². The molecule has 8 aliphatic rings. The Balaban J connectivity index is 1.03. The highest BCUT2D eigenvalue weighted by Gasteiger charge is 2.65. The van der Waals surface area contributed by atoms with Crippen molar-refractivity contribution >= 4 is 18.0 Å². The first kappa shape index (κ1) is 52.5. The summed E-state index contributed by atoms with van der Waals surface area (Å²) >= 11 is 0. The minimum absolute atomic E-state index is 0.0317. The monoisotopic (exact) mass is 996 g/mol. The summed E-state index contributed by atoms with van der Waals surface area (Å²) in [6.45, 7) is 8.20. The predicted octanol–water partition coefficient (Wildman–Crippen LogP) is 5.68. The molecule has 2 saturated carbocycles. The molecule has 392 valence electrons. The summed E-state index contributed by atoms with van der Waals surface area (Å²) < 4.78 is 24.2. The maximum absolute atomic E-state index is 15.1. The van der Waals surface area contributed by atoms with Crippen LogP contribution in [0.2, 0.25) is 0 Å². The Hall–Kier alpha value is -4.38. The third-order valence-electron chi connectivity index (χ3n) is 17.9. The van der Waals surface area contributed by atoms with Crippen molar-refractivity contribution in [3.8, 4) is 11.5 Å². The number of aryl methyl sites for hydroxylation is 1. The van der Waals surface area contributed by atoms with Gasteiger partial charge in [-0.1, -0.05) is 75.4 Å². The molecule has 0 aromatic heterocycles. The zero-order valence-electron chi connectivity index (χ0n) is 42.4. The number of hydrogen-bond acceptors (Lipinski definition) is 14. The van der Waals surface area contributed by atoms with E-state index in [1.165, 1.54) is 19.3 Å². The van der Waals surface area contributed by atoms with Gasteiger partial charge in [0.2, 0.25) is 5.79 Å². The molecular weight excluding hydrogens is 919 g/mol.